The highest BCUT2D eigenvalue weighted by atomic mass is 31.2. The number of carbonyl (C=O) groups excluding carboxylic acids is 2. The zero-order valence-electron chi connectivity index (χ0n) is 36.0. The highest BCUT2D eigenvalue weighted by Crippen LogP contribution is 2.43. The molecule has 1 N–H and O–H groups in total. The van der Waals surface area contributed by atoms with Crippen LogP contribution in [0.15, 0.2) is 97.2 Å². The van der Waals surface area contributed by atoms with Crippen LogP contribution in [0, 0.1) is 0 Å². The van der Waals surface area contributed by atoms with Gasteiger partial charge >= 0.3 is 19.8 Å². The van der Waals surface area contributed by atoms with E-state index >= 15 is 0 Å². The molecular weight excluding hydrogens is 737 g/mol. The fraction of sp³-hybridized carbons (Fsp3) is 0.617. The highest BCUT2D eigenvalue weighted by molar-refractivity contribution is 7.47. The average Bonchev–Trinajstić information content (AvgIpc) is 3.18. The van der Waals surface area contributed by atoms with Gasteiger partial charge in [-0.1, -0.05) is 143 Å². The van der Waals surface area contributed by atoms with E-state index in [0.29, 0.717) is 19.4 Å². The van der Waals surface area contributed by atoms with Crippen LogP contribution >= 0.6 is 7.82 Å². The molecule has 0 fully saturated rings. The van der Waals surface area contributed by atoms with Gasteiger partial charge < -0.3 is 19.3 Å². The number of nitrogens with zero attached hydrogens (tertiary/aromatic N) is 1. The van der Waals surface area contributed by atoms with Crippen molar-refractivity contribution in [1.82, 2.24) is 4.90 Å². The number of phosphoric ester groups is 1. The average molecular weight is 816 g/mol. The maximum atomic E-state index is 12.6. The van der Waals surface area contributed by atoms with Crippen LogP contribution in [0.4, 0.5) is 0 Å². The summed E-state index contributed by atoms with van der Waals surface area (Å²) in [6.45, 7) is 4.05. The number of ether oxygens (including phenoxy) is 2. The van der Waals surface area contributed by atoms with E-state index in [2.05, 4.69) is 98.9 Å². The van der Waals surface area contributed by atoms with Gasteiger partial charge in [0.05, 0.1) is 13.2 Å². The molecule has 0 heterocycles. The Bertz CT molecular complexity index is 1260. The minimum absolute atomic E-state index is 0.0123. The highest BCUT2D eigenvalue weighted by Gasteiger charge is 2.26. The lowest BCUT2D eigenvalue weighted by molar-refractivity contribution is -0.161. The molecule has 324 valence electrons. The Morgan fingerprint density at radius 1 is 0.561 bits per heavy atom. The summed E-state index contributed by atoms with van der Waals surface area (Å²) in [5.74, 6) is -0.927. The lowest BCUT2D eigenvalue weighted by Gasteiger charge is -2.20. The molecule has 9 nitrogen and oxygen atoms in total. The Hall–Kier alpha value is -3.07. The standard InChI is InChI=1S/C47H78NO8P/c1-5-7-9-11-13-15-17-19-21-22-23-24-26-27-29-31-33-35-37-39-46(49)53-43-45(44-55-57(51,52)54-42-41-48(3)4)56-47(50)40-38-36-34-32-30-28-25-20-18-16-14-12-10-8-6-2/h7,9,13-16,19-21,23-25,27,29,33,35,45H,5-6,8,10-12,17-18,22,26,28,30-32,34,36-44H2,1-4H3,(H,51,52)/b9-7-,15-13-,16-14-,21-19-,24-23-,25-20-,29-27-,35-33-. The SMILES string of the molecule is CC/C=C\C/C=C\C/C=C\C/C=C\C/C=C\C/C=C\CCC(=O)OCC(COP(=O)(O)OCCN(C)C)OC(=O)CCCCCCC/C=C\C/C=C\CCCCC. The molecule has 0 amide bonds. The van der Waals surface area contributed by atoms with Gasteiger partial charge in [-0.2, -0.15) is 0 Å². The summed E-state index contributed by atoms with van der Waals surface area (Å²) in [4.78, 5) is 37.0. The monoisotopic (exact) mass is 816 g/mol. The van der Waals surface area contributed by atoms with E-state index in [0.717, 1.165) is 77.0 Å². The molecule has 0 aliphatic heterocycles. The van der Waals surface area contributed by atoms with E-state index in [9.17, 15) is 19.0 Å². The Balaban J connectivity index is 4.47. The van der Waals surface area contributed by atoms with Crippen molar-refractivity contribution in [2.75, 3.05) is 40.5 Å². The van der Waals surface area contributed by atoms with Crippen molar-refractivity contribution in [2.45, 2.75) is 148 Å². The molecule has 0 radical (unpaired) electrons. The first kappa shape index (κ1) is 53.9. The third-order valence-corrected chi connectivity index (χ3v) is 9.37. The molecular formula is C47H78NO8P. The second kappa shape index (κ2) is 41.1. The second-order valence-corrected chi connectivity index (χ2v) is 15.6. The number of hydrogen-bond donors (Lipinski definition) is 1. The molecule has 0 rings (SSSR count). The number of esters is 2. The smallest absolute Gasteiger partial charge is 0.462 e. The zero-order valence-corrected chi connectivity index (χ0v) is 36.9. The zero-order chi connectivity index (χ0) is 41.9. The quantitative estimate of drug-likeness (QED) is 0.0282. The van der Waals surface area contributed by atoms with Gasteiger partial charge in [0.1, 0.15) is 6.61 Å². The number of carbonyl (C=O) groups is 2. The van der Waals surface area contributed by atoms with Gasteiger partial charge in [0.25, 0.3) is 0 Å². The summed E-state index contributed by atoms with van der Waals surface area (Å²) in [7, 11) is -0.764. The van der Waals surface area contributed by atoms with Crippen LogP contribution in [0.5, 0.6) is 0 Å². The van der Waals surface area contributed by atoms with Crippen molar-refractivity contribution in [2.24, 2.45) is 0 Å². The van der Waals surface area contributed by atoms with Crippen LogP contribution in [-0.2, 0) is 32.7 Å². The van der Waals surface area contributed by atoms with Crippen LogP contribution in [0.1, 0.15) is 142 Å². The van der Waals surface area contributed by atoms with E-state index < -0.39 is 32.5 Å². The van der Waals surface area contributed by atoms with Crippen molar-refractivity contribution < 1.29 is 37.6 Å². The molecule has 57 heavy (non-hydrogen) atoms. The number of rotatable bonds is 38. The first-order valence-electron chi connectivity index (χ1n) is 21.5. The Morgan fingerprint density at radius 2 is 1.04 bits per heavy atom. The predicted molar refractivity (Wildman–Crippen MR) is 238 cm³/mol. The molecule has 0 saturated heterocycles. The summed E-state index contributed by atoms with van der Waals surface area (Å²) in [6.07, 6.45) is 51.8. The van der Waals surface area contributed by atoms with Gasteiger partial charge in [-0.05, 0) is 97.6 Å². The Kier molecular flexibility index (Phi) is 38.9. The van der Waals surface area contributed by atoms with Crippen LogP contribution in [-0.4, -0.2) is 68.3 Å². The molecule has 10 heteroatoms. The van der Waals surface area contributed by atoms with Gasteiger partial charge in [0.2, 0.25) is 0 Å². The maximum absolute atomic E-state index is 12.6. The van der Waals surface area contributed by atoms with Gasteiger partial charge in [-0.3, -0.25) is 18.6 Å². The summed E-state index contributed by atoms with van der Waals surface area (Å²) in [5, 5.41) is 0. The largest absolute Gasteiger partial charge is 0.472 e. The van der Waals surface area contributed by atoms with E-state index in [1.165, 1.54) is 25.7 Å². The van der Waals surface area contributed by atoms with Crippen molar-refractivity contribution >= 4 is 19.8 Å². The number of allylic oxidation sites excluding steroid dienone is 16. The number of unbranched alkanes of at least 4 members (excludes halogenated alkanes) is 8. The molecule has 2 unspecified atom stereocenters. The van der Waals surface area contributed by atoms with Crippen molar-refractivity contribution in [3.63, 3.8) is 0 Å². The van der Waals surface area contributed by atoms with E-state index in [-0.39, 0.29) is 26.1 Å². The molecule has 0 aromatic heterocycles. The molecule has 0 aliphatic carbocycles. The van der Waals surface area contributed by atoms with Crippen molar-refractivity contribution in [1.29, 1.82) is 0 Å². The third kappa shape index (κ3) is 42.4. The molecule has 0 aromatic rings. The molecule has 0 aromatic carbocycles. The fourth-order valence-electron chi connectivity index (χ4n) is 5.09. The van der Waals surface area contributed by atoms with Gasteiger partial charge in [-0.25, -0.2) is 4.57 Å². The van der Waals surface area contributed by atoms with E-state index in [1.807, 2.05) is 26.2 Å². The van der Waals surface area contributed by atoms with Crippen LogP contribution in [0.2, 0.25) is 0 Å². The third-order valence-electron chi connectivity index (χ3n) is 8.39. The minimum Gasteiger partial charge on any atom is -0.462 e. The number of hydrogen-bond acceptors (Lipinski definition) is 8. The van der Waals surface area contributed by atoms with E-state index in [4.69, 9.17) is 18.5 Å². The molecule has 0 saturated carbocycles. The van der Waals surface area contributed by atoms with Gasteiger partial charge in [-0.15, -0.1) is 0 Å². The number of likely N-dealkylation sites (N-methyl/N-ethyl adjacent to an activating group) is 1. The van der Waals surface area contributed by atoms with Crippen LogP contribution in [0.25, 0.3) is 0 Å². The molecule has 0 bridgehead atoms. The van der Waals surface area contributed by atoms with E-state index in [1.54, 1.807) is 4.90 Å². The normalized spacial score (nSPS) is 14.4. The summed E-state index contributed by atoms with van der Waals surface area (Å²) >= 11 is 0. The van der Waals surface area contributed by atoms with Gasteiger partial charge in [0.15, 0.2) is 6.10 Å². The van der Waals surface area contributed by atoms with Crippen LogP contribution < -0.4 is 0 Å². The van der Waals surface area contributed by atoms with Crippen LogP contribution in [0.3, 0.4) is 0 Å². The summed E-state index contributed by atoms with van der Waals surface area (Å²) < 4.78 is 33.3. The minimum atomic E-state index is -4.39. The maximum Gasteiger partial charge on any atom is 0.472 e. The second-order valence-electron chi connectivity index (χ2n) is 14.1. The topological polar surface area (TPSA) is 112 Å². The molecule has 2 atom stereocenters. The van der Waals surface area contributed by atoms with Crippen molar-refractivity contribution in [3.05, 3.63) is 97.2 Å². The predicted octanol–water partition coefficient (Wildman–Crippen LogP) is 12.4. The first-order chi connectivity index (χ1) is 27.7. The molecule has 0 spiro atoms. The molecule has 0 aliphatic rings. The Morgan fingerprint density at radius 3 is 1.56 bits per heavy atom. The number of phosphoric acid groups is 1. The first-order valence-corrected chi connectivity index (χ1v) is 23.0. The fourth-order valence-corrected chi connectivity index (χ4v) is 5.84. The van der Waals surface area contributed by atoms with Gasteiger partial charge in [0, 0.05) is 19.4 Å². The van der Waals surface area contributed by atoms with Crippen molar-refractivity contribution in [3.8, 4) is 0 Å². The summed E-state index contributed by atoms with van der Waals surface area (Å²) in [6, 6.07) is 0. The lowest BCUT2D eigenvalue weighted by Crippen LogP contribution is -2.29. The Labute approximate surface area is 347 Å². The summed E-state index contributed by atoms with van der Waals surface area (Å²) in [5.41, 5.74) is 0. The lowest BCUT2D eigenvalue weighted by atomic mass is 10.1.